The van der Waals surface area contributed by atoms with Crippen LogP contribution in [0.3, 0.4) is 0 Å². The van der Waals surface area contributed by atoms with Gasteiger partial charge in [0.25, 0.3) is 0 Å². The first-order valence-electron chi connectivity index (χ1n) is 2.38. The van der Waals surface area contributed by atoms with E-state index in [2.05, 4.69) is 21.6 Å². The Morgan fingerprint density at radius 2 is 1.25 bits per heavy atom. The topological polar surface area (TPSA) is 30.9 Å². The summed E-state index contributed by atoms with van der Waals surface area (Å²) in [5.41, 5.74) is 0. The van der Waals surface area contributed by atoms with E-state index in [0.29, 0.717) is 0 Å². The van der Waals surface area contributed by atoms with Crippen molar-refractivity contribution in [1.82, 2.24) is 4.90 Å². The Morgan fingerprint density at radius 3 is 1.25 bits per heavy atom. The van der Waals surface area contributed by atoms with Crippen molar-refractivity contribution in [3.05, 3.63) is 7.05 Å². The second kappa shape index (κ2) is 14.8. The van der Waals surface area contributed by atoms with Crippen LogP contribution in [0.1, 0.15) is 0 Å². The van der Waals surface area contributed by atoms with Gasteiger partial charge in [-0.25, -0.2) is 0 Å². The van der Waals surface area contributed by atoms with E-state index in [1.807, 2.05) is 14.1 Å². The standard InChI is InChI=1S/C3H8N.BF3O3.K/c1-4(2)3;2-5-1(6-3)7-4;/h1H2,2-3H3;;/q-1;;+1. The Balaban J connectivity index is -0.000000142. The predicted molar refractivity (Wildman–Crippen MR) is 31.4 cm³/mol. The molecule has 4 nitrogen and oxygen atoms in total. The van der Waals surface area contributed by atoms with Gasteiger partial charge in [-0.1, -0.05) is 13.6 Å². The van der Waals surface area contributed by atoms with Gasteiger partial charge in [-0.05, 0) is 14.1 Å². The van der Waals surface area contributed by atoms with Gasteiger partial charge in [0.05, 0.1) is 0 Å². The summed E-state index contributed by atoms with van der Waals surface area (Å²) in [7, 11) is 4.74. The van der Waals surface area contributed by atoms with E-state index in [4.69, 9.17) is 0 Å². The molecule has 0 amide bonds. The van der Waals surface area contributed by atoms with Crippen LogP contribution in [0.2, 0.25) is 0 Å². The zero-order chi connectivity index (χ0) is 9.28. The van der Waals surface area contributed by atoms with Gasteiger partial charge in [0.1, 0.15) is 0 Å². The van der Waals surface area contributed by atoms with Crippen LogP contribution in [-0.4, -0.2) is 26.3 Å². The zero-order valence-electron chi connectivity index (χ0n) is 7.09. The van der Waals surface area contributed by atoms with E-state index in [1.165, 1.54) is 0 Å². The fraction of sp³-hybridized carbons (Fsp3) is 0.667. The fourth-order valence-electron chi connectivity index (χ4n) is 0.0412. The summed E-state index contributed by atoms with van der Waals surface area (Å²) in [6.45, 7) is 0. The quantitative estimate of drug-likeness (QED) is 0.401. The summed E-state index contributed by atoms with van der Waals surface area (Å²) in [5, 5.41) is 0. The molecule has 0 aromatic carbocycles. The molecule has 0 aliphatic carbocycles. The van der Waals surface area contributed by atoms with E-state index >= 15 is 0 Å². The van der Waals surface area contributed by atoms with Gasteiger partial charge in [-0.15, -0.1) is 0 Å². The van der Waals surface area contributed by atoms with Crippen molar-refractivity contribution < 1.29 is 79.5 Å². The van der Waals surface area contributed by atoms with Gasteiger partial charge >= 0.3 is 58.7 Å². The third-order valence-electron chi connectivity index (χ3n) is 0.218. The molecule has 0 aromatic heterocycles. The van der Waals surface area contributed by atoms with Crippen molar-refractivity contribution in [2.45, 2.75) is 0 Å². The minimum atomic E-state index is -2.51. The normalized spacial score (nSPS) is 8.25. The van der Waals surface area contributed by atoms with Crippen LogP contribution in [0.4, 0.5) is 13.6 Å². The fourth-order valence-corrected chi connectivity index (χ4v) is 0.0412. The minimum Gasteiger partial charge on any atom is -0.464 e. The number of halogens is 3. The Hall–Kier alpha value is 1.33. The summed E-state index contributed by atoms with van der Waals surface area (Å²) in [6, 6.07) is 0. The van der Waals surface area contributed by atoms with Crippen LogP contribution in [0.25, 0.3) is 0 Å². The smallest absolute Gasteiger partial charge is 0.464 e. The molecule has 0 bridgehead atoms. The predicted octanol–water partition coefficient (Wildman–Crippen LogP) is -1.98. The van der Waals surface area contributed by atoms with E-state index in [-0.39, 0.29) is 51.4 Å². The summed E-state index contributed by atoms with van der Waals surface area (Å²) in [5.74, 6) is 0. The summed E-state index contributed by atoms with van der Waals surface area (Å²) in [4.78, 5) is 8.81. The van der Waals surface area contributed by atoms with Gasteiger partial charge < -0.3 is 4.90 Å². The number of hydrogen-bond acceptors (Lipinski definition) is 4. The Bertz CT molecular complexity index is 71.5. The molecule has 0 aliphatic heterocycles. The van der Waals surface area contributed by atoms with E-state index < -0.39 is 7.32 Å². The van der Waals surface area contributed by atoms with Crippen molar-refractivity contribution in [2.24, 2.45) is 0 Å². The maximum Gasteiger partial charge on any atom is 1.00 e. The summed E-state index contributed by atoms with van der Waals surface area (Å²) in [6.07, 6.45) is 0. The Kier molecular flexibility index (Phi) is 23.5. The molecule has 68 valence electrons. The third-order valence-corrected chi connectivity index (χ3v) is 0.218. The molecule has 0 saturated heterocycles. The minimum absolute atomic E-state index is 0. The molecule has 0 rings (SSSR count). The molecule has 0 N–H and O–H groups in total. The SMILES string of the molecule is FOB(OF)OF.[CH2-]N(C)C.[K+]. The monoisotopic (exact) mass is 213 g/mol. The van der Waals surface area contributed by atoms with Crippen molar-refractivity contribution in [3.8, 4) is 0 Å². The third kappa shape index (κ3) is 22.5. The molecule has 9 heteroatoms. The molecule has 0 fully saturated rings. The molecular formula is C3H8BF3KNO3. The molecule has 0 radical (unpaired) electrons. The van der Waals surface area contributed by atoms with E-state index in [9.17, 15) is 13.6 Å². The van der Waals surface area contributed by atoms with Gasteiger partial charge in [0.2, 0.25) is 0 Å². The summed E-state index contributed by atoms with van der Waals surface area (Å²) >= 11 is 0. The van der Waals surface area contributed by atoms with Crippen molar-refractivity contribution in [2.75, 3.05) is 14.1 Å². The molecular weight excluding hydrogens is 205 g/mol. The van der Waals surface area contributed by atoms with E-state index in [0.717, 1.165) is 0 Å². The second-order valence-corrected chi connectivity index (χ2v) is 1.64. The Morgan fingerprint density at radius 1 is 1.08 bits per heavy atom. The van der Waals surface area contributed by atoms with Crippen LogP contribution < -0.4 is 51.4 Å². The van der Waals surface area contributed by atoms with Crippen molar-refractivity contribution in [3.63, 3.8) is 0 Å². The van der Waals surface area contributed by atoms with Crippen molar-refractivity contribution in [1.29, 1.82) is 0 Å². The van der Waals surface area contributed by atoms with Crippen LogP contribution >= 0.6 is 0 Å². The van der Waals surface area contributed by atoms with Crippen LogP contribution in [-0.2, 0) is 14.6 Å². The first-order valence-corrected chi connectivity index (χ1v) is 2.38. The van der Waals surface area contributed by atoms with Gasteiger partial charge in [-0.3, -0.25) is 7.05 Å². The molecule has 0 atom stereocenters. The number of rotatable bonds is 3. The van der Waals surface area contributed by atoms with Crippen LogP contribution in [0.5, 0.6) is 0 Å². The van der Waals surface area contributed by atoms with Gasteiger partial charge in [-0.2, -0.15) is 14.6 Å². The van der Waals surface area contributed by atoms with Crippen LogP contribution in [0.15, 0.2) is 0 Å². The van der Waals surface area contributed by atoms with Gasteiger partial charge in [0, 0.05) is 0 Å². The van der Waals surface area contributed by atoms with Crippen molar-refractivity contribution >= 4 is 7.32 Å². The second-order valence-electron chi connectivity index (χ2n) is 1.64. The van der Waals surface area contributed by atoms with E-state index in [1.54, 1.807) is 4.90 Å². The summed E-state index contributed by atoms with van der Waals surface area (Å²) < 4.78 is 31.3. The van der Waals surface area contributed by atoms with Gasteiger partial charge in [0.15, 0.2) is 0 Å². The molecule has 0 unspecified atom stereocenters. The molecule has 0 aromatic rings. The largest absolute Gasteiger partial charge is 1.00 e. The zero-order valence-corrected chi connectivity index (χ0v) is 10.2. The first-order chi connectivity index (χ1) is 5.08. The molecule has 0 spiro atoms. The first kappa shape index (κ1) is 19.0. The maximum atomic E-state index is 10.4. The maximum absolute atomic E-state index is 10.4. The number of nitrogens with zero attached hydrogens (tertiary/aromatic N) is 1. The Labute approximate surface area is 112 Å². The molecule has 0 saturated carbocycles. The average Bonchev–Trinajstić information content (AvgIpc) is 1.90. The number of hydrogen-bond donors (Lipinski definition) is 0. The molecule has 12 heavy (non-hydrogen) atoms. The van der Waals surface area contributed by atoms with Crippen LogP contribution in [0, 0.1) is 7.05 Å². The molecule has 0 aliphatic rings. The molecule has 0 heterocycles. The average molecular weight is 213 g/mol.